The number of halogens is 2. The number of nitrogens with one attached hydrogen (secondary N) is 1. The van der Waals surface area contributed by atoms with Crippen LogP contribution in [0.3, 0.4) is 0 Å². The van der Waals surface area contributed by atoms with Gasteiger partial charge in [0.1, 0.15) is 17.3 Å². The minimum absolute atomic E-state index is 0.191. The van der Waals surface area contributed by atoms with Gasteiger partial charge >= 0.3 is 0 Å². The van der Waals surface area contributed by atoms with Crippen molar-refractivity contribution in [2.75, 3.05) is 12.4 Å². The summed E-state index contributed by atoms with van der Waals surface area (Å²) in [7, 11) is 2.93. The number of hydrogen-bond donors (Lipinski definition) is 1. The first-order valence-corrected chi connectivity index (χ1v) is 5.79. The van der Waals surface area contributed by atoms with E-state index in [-0.39, 0.29) is 11.5 Å². The van der Waals surface area contributed by atoms with Gasteiger partial charge in [-0.1, -0.05) is 12.1 Å². The van der Waals surface area contributed by atoms with Crippen molar-refractivity contribution in [1.82, 2.24) is 9.78 Å². The molecule has 1 N–H and O–H groups in total. The number of hydrogen-bond acceptors (Lipinski definition) is 3. The van der Waals surface area contributed by atoms with Crippen LogP contribution in [0.15, 0.2) is 30.3 Å². The molecule has 20 heavy (non-hydrogen) atoms. The number of benzene rings is 1. The zero-order valence-electron chi connectivity index (χ0n) is 10.9. The topological polar surface area (TPSA) is 56.1 Å². The van der Waals surface area contributed by atoms with E-state index in [2.05, 4.69) is 10.4 Å². The molecule has 0 aliphatic rings. The zero-order chi connectivity index (χ0) is 14.7. The van der Waals surface area contributed by atoms with Crippen LogP contribution in [0.4, 0.5) is 14.6 Å². The number of amides is 1. The highest BCUT2D eigenvalue weighted by Crippen LogP contribution is 2.22. The van der Waals surface area contributed by atoms with Crippen molar-refractivity contribution in [1.29, 1.82) is 0 Å². The molecule has 1 amide bonds. The average molecular weight is 281 g/mol. The van der Waals surface area contributed by atoms with Crippen molar-refractivity contribution >= 4 is 11.7 Å². The SMILES string of the molecule is COc1ccccc1C(=O)Nc1cc(C(F)F)nn1C. The Morgan fingerprint density at radius 1 is 1.40 bits per heavy atom. The predicted molar refractivity (Wildman–Crippen MR) is 69.1 cm³/mol. The summed E-state index contributed by atoms with van der Waals surface area (Å²) in [5.74, 6) is 0.142. The lowest BCUT2D eigenvalue weighted by atomic mass is 10.2. The van der Waals surface area contributed by atoms with Crippen LogP contribution in [0.5, 0.6) is 5.75 Å². The number of nitrogens with zero attached hydrogens (tertiary/aromatic N) is 2. The van der Waals surface area contributed by atoms with E-state index in [0.717, 1.165) is 6.07 Å². The van der Waals surface area contributed by atoms with E-state index in [0.29, 0.717) is 11.3 Å². The smallest absolute Gasteiger partial charge is 0.282 e. The lowest BCUT2D eigenvalue weighted by Gasteiger charge is -2.08. The van der Waals surface area contributed by atoms with Crippen LogP contribution in [0.1, 0.15) is 22.5 Å². The lowest BCUT2D eigenvalue weighted by Crippen LogP contribution is -2.15. The standard InChI is InChI=1S/C13H13F2N3O2/c1-18-11(7-9(17-18)12(14)15)16-13(19)8-5-3-4-6-10(8)20-2/h3-7,12H,1-2H3,(H,16,19). The van der Waals surface area contributed by atoms with E-state index >= 15 is 0 Å². The van der Waals surface area contributed by atoms with Crippen molar-refractivity contribution in [3.8, 4) is 5.75 Å². The van der Waals surface area contributed by atoms with E-state index < -0.39 is 12.3 Å². The molecule has 0 atom stereocenters. The third-order valence-corrected chi connectivity index (χ3v) is 2.72. The Hall–Kier alpha value is -2.44. The van der Waals surface area contributed by atoms with Gasteiger partial charge in [0.25, 0.3) is 12.3 Å². The molecule has 0 bridgehead atoms. The molecule has 7 heteroatoms. The van der Waals surface area contributed by atoms with Gasteiger partial charge in [-0.15, -0.1) is 0 Å². The quantitative estimate of drug-likeness (QED) is 0.937. The zero-order valence-corrected chi connectivity index (χ0v) is 10.9. The number of alkyl halides is 2. The number of carbonyl (C=O) groups is 1. The van der Waals surface area contributed by atoms with Crippen LogP contribution in [0.2, 0.25) is 0 Å². The first kappa shape index (κ1) is 14.0. The van der Waals surface area contributed by atoms with Gasteiger partial charge in [0.15, 0.2) is 0 Å². The highest BCUT2D eigenvalue weighted by atomic mass is 19.3. The summed E-state index contributed by atoms with van der Waals surface area (Å²) in [5, 5.41) is 6.14. The van der Waals surface area contributed by atoms with Gasteiger partial charge in [-0.05, 0) is 12.1 Å². The van der Waals surface area contributed by atoms with Crippen LogP contribution in [-0.4, -0.2) is 22.8 Å². The van der Waals surface area contributed by atoms with Gasteiger partial charge in [0, 0.05) is 13.1 Å². The Balaban J connectivity index is 2.23. The number of aryl methyl sites for hydroxylation is 1. The molecule has 1 aromatic heterocycles. The van der Waals surface area contributed by atoms with E-state index in [1.165, 1.54) is 18.8 Å². The molecule has 0 aliphatic carbocycles. The Kier molecular flexibility index (Phi) is 3.97. The molecule has 1 aromatic carbocycles. The largest absolute Gasteiger partial charge is 0.496 e. The number of anilines is 1. The number of para-hydroxylation sites is 1. The lowest BCUT2D eigenvalue weighted by molar-refractivity contribution is 0.102. The Morgan fingerprint density at radius 3 is 2.70 bits per heavy atom. The van der Waals surface area contributed by atoms with Gasteiger partial charge in [0.2, 0.25) is 0 Å². The second kappa shape index (κ2) is 5.68. The molecule has 0 fully saturated rings. The highest BCUT2D eigenvalue weighted by Gasteiger charge is 2.17. The van der Waals surface area contributed by atoms with Crippen molar-refractivity contribution in [3.63, 3.8) is 0 Å². The van der Waals surface area contributed by atoms with Gasteiger partial charge in [-0.2, -0.15) is 5.10 Å². The summed E-state index contributed by atoms with van der Waals surface area (Å²) < 4.78 is 31.3. The Morgan fingerprint density at radius 2 is 2.10 bits per heavy atom. The Bertz CT molecular complexity index is 626. The molecule has 0 spiro atoms. The fraction of sp³-hybridized carbons (Fsp3) is 0.231. The highest BCUT2D eigenvalue weighted by molar-refractivity contribution is 6.05. The summed E-state index contributed by atoms with van der Waals surface area (Å²) in [6.45, 7) is 0. The molecule has 1 heterocycles. The predicted octanol–water partition coefficient (Wildman–Crippen LogP) is 2.62. The average Bonchev–Trinajstić information content (AvgIpc) is 2.80. The fourth-order valence-corrected chi connectivity index (χ4v) is 1.73. The van der Waals surface area contributed by atoms with E-state index in [4.69, 9.17) is 4.74 Å². The van der Waals surface area contributed by atoms with Crippen molar-refractivity contribution in [2.45, 2.75) is 6.43 Å². The van der Waals surface area contributed by atoms with Crippen molar-refractivity contribution in [2.24, 2.45) is 7.05 Å². The van der Waals surface area contributed by atoms with Crippen LogP contribution in [0, 0.1) is 0 Å². The molecule has 0 unspecified atom stereocenters. The summed E-state index contributed by atoms with van der Waals surface area (Å²) in [5.41, 5.74) is -0.0716. The minimum atomic E-state index is -2.68. The maximum Gasteiger partial charge on any atom is 0.282 e. The molecule has 0 radical (unpaired) electrons. The third kappa shape index (κ3) is 2.76. The van der Waals surface area contributed by atoms with E-state index in [1.54, 1.807) is 24.3 Å². The van der Waals surface area contributed by atoms with Gasteiger partial charge in [0.05, 0.1) is 12.7 Å². The second-order valence-corrected chi connectivity index (χ2v) is 4.03. The normalized spacial score (nSPS) is 10.7. The van der Waals surface area contributed by atoms with Crippen molar-refractivity contribution < 1.29 is 18.3 Å². The molecule has 106 valence electrons. The maximum atomic E-state index is 12.5. The number of rotatable bonds is 4. The van der Waals surface area contributed by atoms with Crippen LogP contribution >= 0.6 is 0 Å². The number of ether oxygens (including phenoxy) is 1. The van der Waals surface area contributed by atoms with Gasteiger partial charge < -0.3 is 10.1 Å². The summed E-state index contributed by atoms with van der Waals surface area (Å²) >= 11 is 0. The molecule has 0 aliphatic heterocycles. The van der Waals surface area contributed by atoms with Crippen LogP contribution in [0.25, 0.3) is 0 Å². The molecular formula is C13H13F2N3O2. The summed E-state index contributed by atoms with van der Waals surface area (Å²) in [6.07, 6.45) is -2.68. The molecule has 0 saturated heterocycles. The summed E-state index contributed by atoms with van der Waals surface area (Å²) in [4.78, 5) is 12.1. The van der Waals surface area contributed by atoms with E-state index in [1.807, 2.05) is 0 Å². The Labute approximate surface area is 114 Å². The number of methoxy groups -OCH3 is 1. The van der Waals surface area contributed by atoms with Crippen molar-refractivity contribution in [3.05, 3.63) is 41.6 Å². The first-order chi connectivity index (χ1) is 9.52. The number of aromatic nitrogens is 2. The first-order valence-electron chi connectivity index (χ1n) is 5.79. The molecule has 5 nitrogen and oxygen atoms in total. The minimum Gasteiger partial charge on any atom is -0.496 e. The van der Waals surface area contributed by atoms with Gasteiger partial charge in [-0.25, -0.2) is 8.78 Å². The van der Waals surface area contributed by atoms with E-state index in [9.17, 15) is 13.6 Å². The third-order valence-electron chi connectivity index (χ3n) is 2.72. The summed E-state index contributed by atoms with van der Waals surface area (Å²) in [6, 6.07) is 7.78. The molecule has 2 rings (SSSR count). The molecule has 2 aromatic rings. The van der Waals surface area contributed by atoms with Crippen LogP contribution < -0.4 is 10.1 Å². The monoisotopic (exact) mass is 281 g/mol. The molecular weight excluding hydrogens is 268 g/mol. The molecule has 0 saturated carbocycles. The second-order valence-electron chi connectivity index (χ2n) is 4.03. The van der Waals surface area contributed by atoms with Crippen LogP contribution in [-0.2, 0) is 7.05 Å². The fourth-order valence-electron chi connectivity index (χ4n) is 1.73. The number of carbonyl (C=O) groups excluding carboxylic acids is 1. The van der Waals surface area contributed by atoms with Gasteiger partial charge in [-0.3, -0.25) is 9.48 Å². The maximum absolute atomic E-state index is 12.5.